The van der Waals surface area contributed by atoms with Crippen LogP contribution in [-0.4, -0.2) is 46.6 Å². The van der Waals surface area contributed by atoms with Gasteiger partial charge in [-0.05, 0) is 63.3 Å². The maximum Gasteiger partial charge on any atom is 0.303 e. The van der Waals surface area contributed by atoms with Gasteiger partial charge in [-0.15, -0.1) is 0 Å². The molecule has 0 radical (unpaired) electrons. The minimum absolute atomic E-state index is 0.00912. The van der Waals surface area contributed by atoms with Gasteiger partial charge >= 0.3 is 5.97 Å². The fourth-order valence-electron chi connectivity index (χ4n) is 5.12. The molecule has 2 atom stereocenters. The van der Waals surface area contributed by atoms with Gasteiger partial charge in [-0.2, -0.15) is 0 Å². The second kappa shape index (κ2) is 13.7. The van der Waals surface area contributed by atoms with Crippen LogP contribution in [0, 0.1) is 5.92 Å². The summed E-state index contributed by atoms with van der Waals surface area (Å²) >= 11 is 0. The maximum absolute atomic E-state index is 13.1. The number of rotatable bonds is 15. The molecule has 1 heterocycles. The molecule has 8 nitrogen and oxygen atoms in total. The van der Waals surface area contributed by atoms with Gasteiger partial charge in [0.1, 0.15) is 28.6 Å². The molecule has 0 spiro atoms. The second-order valence-electron chi connectivity index (χ2n) is 10.8. The fraction of sp³-hybridized carbons (Fsp3) is 0.531. The van der Waals surface area contributed by atoms with E-state index in [-0.39, 0.29) is 36.1 Å². The summed E-state index contributed by atoms with van der Waals surface area (Å²) in [6.07, 6.45) is 4.12. The molecule has 2 aromatic carbocycles. The summed E-state index contributed by atoms with van der Waals surface area (Å²) < 4.78 is 18.6. The Hall–Kier alpha value is -3.55. The number of aliphatic carboxylic acids is 1. The topological polar surface area (TPSA) is 119 Å². The molecule has 3 rings (SSSR count). The smallest absolute Gasteiger partial charge is 0.303 e. The normalized spacial score (nSPS) is 17.1. The van der Waals surface area contributed by atoms with Crippen LogP contribution in [0.5, 0.6) is 23.0 Å². The molecule has 0 saturated carbocycles. The number of phenols is 1. The highest BCUT2D eigenvalue weighted by Crippen LogP contribution is 2.44. The van der Waals surface area contributed by atoms with E-state index in [0.717, 1.165) is 18.4 Å². The van der Waals surface area contributed by atoms with Crippen LogP contribution in [0.25, 0.3) is 0 Å². The molecule has 218 valence electrons. The van der Waals surface area contributed by atoms with E-state index < -0.39 is 11.6 Å². The van der Waals surface area contributed by atoms with Gasteiger partial charge < -0.3 is 24.4 Å². The average Bonchev–Trinajstić information content (AvgIpc) is 2.89. The van der Waals surface area contributed by atoms with E-state index in [1.165, 1.54) is 6.92 Å². The molecule has 2 aromatic rings. The number of carbonyl (C=O) groups is 3. The van der Waals surface area contributed by atoms with E-state index in [9.17, 15) is 19.5 Å². The first-order chi connectivity index (χ1) is 19.0. The number of hydrogen-bond donors (Lipinski definition) is 2. The molecule has 0 fully saturated rings. The predicted octanol–water partition coefficient (Wildman–Crippen LogP) is 6.57. The molecule has 2 N–H and O–H groups in total. The minimum atomic E-state index is -0.865. The van der Waals surface area contributed by atoms with Gasteiger partial charge in [0.25, 0.3) is 0 Å². The Kier molecular flexibility index (Phi) is 10.6. The molecule has 0 bridgehead atoms. The summed E-state index contributed by atoms with van der Waals surface area (Å²) in [4.78, 5) is 36.0. The second-order valence-corrected chi connectivity index (χ2v) is 10.8. The van der Waals surface area contributed by atoms with Crippen molar-refractivity contribution < 1.29 is 38.8 Å². The van der Waals surface area contributed by atoms with Gasteiger partial charge in [0.2, 0.25) is 0 Å². The third-order valence-electron chi connectivity index (χ3n) is 7.62. The molecule has 1 aliphatic rings. The van der Waals surface area contributed by atoms with E-state index in [0.29, 0.717) is 72.8 Å². The van der Waals surface area contributed by atoms with Crippen molar-refractivity contribution in [2.24, 2.45) is 5.92 Å². The number of ether oxygens (including phenoxy) is 3. The van der Waals surface area contributed by atoms with Gasteiger partial charge in [-0.1, -0.05) is 33.6 Å². The summed E-state index contributed by atoms with van der Waals surface area (Å²) in [6, 6.07) is 6.89. The molecule has 0 saturated heterocycles. The standard InChI is InChI=1S/C32H42O8/c1-6-9-24-27(14-12-22(21(4)33)30(24)37)38-17-8-18-39-28-15-13-23-26(34)19-32(5,20(3)11-16-29(35)36)40-31(23)25(28)10-7-2/h12-15,20,37H,6-11,16-19H2,1-5H3,(H,35,36). The van der Waals surface area contributed by atoms with Crippen LogP contribution >= 0.6 is 0 Å². The van der Waals surface area contributed by atoms with Gasteiger partial charge in [-0.25, -0.2) is 0 Å². The predicted molar refractivity (Wildman–Crippen MR) is 152 cm³/mol. The number of aromatic hydroxyl groups is 1. The number of carboxylic acids is 1. The van der Waals surface area contributed by atoms with Crippen molar-refractivity contribution in [2.75, 3.05) is 13.2 Å². The van der Waals surface area contributed by atoms with Crippen LogP contribution in [0.3, 0.4) is 0 Å². The number of carboxylic acid groups (broad SMARTS) is 1. The molecule has 2 unspecified atom stereocenters. The third kappa shape index (κ3) is 7.14. The van der Waals surface area contributed by atoms with E-state index in [2.05, 4.69) is 6.92 Å². The number of fused-ring (bicyclic) bond motifs is 1. The highest BCUT2D eigenvalue weighted by Gasteiger charge is 2.42. The SMILES string of the molecule is CCCc1c(OCCCOc2ccc3c(c2CCC)OC(C)(C(C)CCC(=O)O)CC3=O)ccc(C(C)=O)c1O. The third-order valence-corrected chi connectivity index (χ3v) is 7.62. The molecular weight excluding hydrogens is 512 g/mol. The Morgan fingerprint density at radius 1 is 1.02 bits per heavy atom. The van der Waals surface area contributed by atoms with E-state index in [1.54, 1.807) is 18.2 Å². The summed E-state index contributed by atoms with van der Waals surface area (Å²) in [5.41, 5.74) is 1.52. The van der Waals surface area contributed by atoms with Gasteiger partial charge in [0.05, 0.1) is 30.8 Å². The lowest BCUT2D eigenvalue weighted by atomic mass is 9.79. The highest BCUT2D eigenvalue weighted by molar-refractivity contribution is 6.01. The van der Waals surface area contributed by atoms with Gasteiger partial charge in [-0.3, -0.25) is 14.4 Å². The Bertz CT molecular complexity index is 1230. The van der Waals surface area contributed by atoms with E-state index in [4.69, 9.17) is 19.3 Å². The van der Waals surface area contributed by atoms with Crippen LogP contribution in [-0.2, 0) is 17.6 Å². The molecule has 0 aliphatic carbocycles. The molecule has 0 amide bonds. The monoisotopic (exact) mass is 554 g/mol. The first-order valence-electron chi connectivity index (χ1n) is 14.2. The zero-order valence-corrected chi connectivity index (χ0v) is 24.3. The number of ketones is 2. The molecular formula is C32H42O8. The number of carbonyl (C=O) groups excluding carboxylic acids is 2. The maximum atomic E-state index is 13.1. The zero-order valence-electron chi connectivity index (χ0n) is 24.3. The fourth-order valence-corrected chi connectivity index (χ4v) is 5.12. The first kappa shape index (κ1) is 31.0. The van der Waals surface area contributed by atoms with Crippen molar-refractivity contribution in [3.8, 4) is 23.0 Å². The Balaban J connectivity index is 1.71. The van der Waals surface area contributed by atoms with Crippen LogP contribution in [0.2, 0.25) is 0 Å². The van der Waals surface area contributed by atoms with Crippen molar-refractivity contribution in [2.45, 2.75) is 91.6 Å². The largest absolute Gasteiger partial charge is 0.507 e. The Morgan fingerprint density at radius 3 is 2.23 bits per heavy atom. The summed E-state index contributed by atoms with van der Waals surface area (Å²) in [7, 11) is 0. The van der Waals surface area contributed by atoms with Crippen molar-refractivity contribution in [1.29, 1.82) is 0 Å². The van der Waals surface area contributed by atoms with Crippen LogP contribution < -0.4 is 14.2 Å². The van der Waals surface area contributed by atoms with Crippen LogP contribution in [0.1, 0.15) is 105 Å². The lowest BCUT2D eigenvalue weighted by Gasteiger charge is -2.40. The van der Waals surface area contributed by atoms with E-state index in [1.807, 2.05) is 26.8 Å². The molecule has 0 aromatic heterocycles. The lowest BCUT2D eigenvalue weighted by molar-refractivity contribution is -0.137. The quantitative estimate of drug-likeness (QED) is 0.187. The first-order valence-corrected chi connectivity index (χ1v) is 14.2. The molecule has 8 heteroatoms. The summed E-state index contributed by atoms with van der Waals surface area (Å²) in [6.45, 7) is 10.0. The molecule has 40 heavy (non-hydrogen) atoms. The van der Waals surface area contributed by atoms with Crippen LogP contribution in [0.15, 0.2) is 24.3 Å². The average molecular weight is 555 g/mol. The summed E-state index contributed by atoms with van der Waals surface area (Å²) in [5.74, 6) is 0.559. The van der Waals surface area contributed by atoms with Crippen molar-refractivity contribution in [3.63, 3.8) is 0 Å². The summed E-state index contributed by atoms with van der Waals surface area (Å²) in [5, 5.41) is 19.7. The van der Waals surface area contributed by atoms with Gasteiger partial charge in [0, 0.05) is 24.0 Å². The highest BCUT2D eigenvalue weighted by atomic mass is 16.5. The number of hydrogen-bond acceptors (Lipinski definition) is 7. The Labute approximate surface area is 236 Å². The van der Waals surface area contributed by atoms with Crippen LogP contribution in [0.4, 0.5) is 0 Å². The molecule has 1 aliphatic heterocycles. The lowest BCUT2D eigenvalue weighted by Crippen LogP contribution is -2.45. The van der Waals surface area contributed by atoms with Crippen molar-refractivity contribution in [3.05, 3.63) is 46.5 Å². The van der Waals surface area contributed by atoms with Gasteiger partial charge in [0.15, 0.2) is 11.6 Å². The minimum Gasteiger partial charge on any atom is -0.507 e. The van der Waals surface area contributed by atoms with Crippen molar-refractivity contribution in [1.82, 2.24) is 0 Å². The van der Waals surface area contributed by atoms with E-state index >= 15 is 0 Å². The Morgan fingerprint density at radius 2 is 1.62 bits per heavy atom. The number of phenolic OH excluding ortho intramolecular Hbond substituents is 1. The zero-order chi connectivity index (χ0) is 29.4. The van der Waals surface area contributed by atoms with Crippen molar-refractivity contribution >= 4 is 17.5 Å². The number of benzene rings is 2. The number of Topliss-reactive ketones (excluding diaryl/α,β-unsaturated/α-hetero) is 2.